The second-order valence-electron chi connectivity index (χ2n) is 7.89. The number of aromatic amines is 1. The first-order chi connectivity index (χ1) is 15.6. The maximum atomic E-state index is 13.1. The summed E-state index contributed by atoms with van der Waals surface area (Å²) in [6.07, 6.45) is 8.19. The molecule has 0 aromatic carbocycles. The zero-order chi connectivity index (χ0) is 22.9. The molecular weight excluding hydrogens is 418 g/mol. The summed E-state index contributed by atoms with van der Waals surface area (Å²) >= 11 is 0. The maximum absolute atomic E-state index is 13.1. The Balaban J connectivity index is 0.000000913. The first kappa shape index (κ1) is 23.5. The van der Waals surface area contributed by atoms with Gasteiger partial charge < -0.3 is 24.6 Å². The van der Waals surface area contributed by atoms with Crippen molar-refractivity contribution in [2.75, 3.05) is 13.2 Å². The maximum Gasteiger partial charge on any atom is 0.290 e. The van der Waals surface area contributed by atoms with Crippen LogP contribution in [0.3, 0.4) is 0 Å². The predicted molar refractivity (Wildman–Crippen MR) is 112 cm³/mol. The number of rotatable bonds is 6. The molecule has 1 aliphatic heterocycles. The Bertz CT molecular complexity index is 883. The molecular formula is C21H29N5O6. The molecule has 2 aromatic heterocycles. The van der Waals surface area contributed by atoms with E-state index in [0.717, 1.165) is 30.5 Å². The van der Waals surface area contributed by atoms with Gasteiger partial charge in [-0.05, 0) is 25.7 Å². The number of H-pyrrole nitrogens is 1. The van der Waals surface area contributed by atoms with Crippen LogP contribution in [0.15, 0.2) is 23.2 Å². The number of amides is 2. The summed E-state index contributed by atoms with van der Waals surface area (Å²) in [5.41, 5.74) is 2.43. The summed E-state index contributed by atoms with van der Waals surface area (Å²) in [5.74, 6) is -0.114. The normalized spacial score (nSPS) is 22.3. The topological polar surface area (TPSA) is 151 Å². The van der Waals surface area contributed by atoms with Gasteiger partial charge in [-0.1, -0.05) is 12.1 Å². The Morgan fingerprint density at radius 1 is 1.44 bits per heavy atom. The van der Waals surface area contributed by atoms with Crippen LogP contribution in [0.25, 0.3) is 0 Å². The second kappa shape index (κ2) is 11.4. The Labute approximate surface area is 185 Å². The van der Waals surface area contributed by atoms with Crippen molar-refractivity contribution < 1.29 is 28.8 Å². The molecule has 0 radical (unpaired) electrons. The van der Waals surface area contributed by atoms with Gasteiger partial charge >= 0.3 is 0 Å². The number of hydrogen-bond acceptors (Lipinski definition) is 7. The zero-order valence-electron chi connectivity index (χ0n) is 18.0. The lowest BCUT2D eigenvalue weighted by Crippen LogP contribution is -2.51. The number of nitrogens with one attached hydrogen (secondary N) is 2. The van der Waals surface area contributed by atoms with Gasteiger partial charge in [-0.25, -0.2) is 0 Å². The van der Waals surface area contributed by atoms with Gasteiger partial charge in [-0.2, -0.15) is 5.10 Å². The lowest BCUT2D eigenvalue weighted by Gasteiger charge is -2.38. The highest BCUT2D eigenvalue weighted by molar-refractivity contribution is 5.93. The molecule has 11 nitrogen and oxygen atoms in total. The smallest absolute Gasteiger partial charge is 0.290 e. The van der Waals surface area contributed by atoms with E-state index in [1.165, 1.54) is 6.20 Å². The fraction of sp³-hybridized carbons (Fsp3) is 0.571. The van der Waals surface area contributed by atoms with Gasteiger partial charge in [0.15, 0.2) is 0 Å². The number of fused-ring (bicyclic) bond motifs is 1. The van der Waals surface area contributed by atoms with Crippen LogP contribution in [0.4, 0.5) is 0 Å². The van der Waals surface area contributed by atoms with Crippen molar-refractivity contribution in [3.8, 4) is 0 Å². The first-order valence-electron chi connectivity index (χ1n) is 10.8. The van der Waals surface area contributed by atoms with Crippen LogP contribution in [0.2, 0.25) is 0 Å². The fourth-order valence-corrected chi connectivity index (χ4v) is 4.19. The molecule has 2 aliphatic rings. The molecule has 0 saturated heterocycles. The first-order valence-corrected chi connectivity index (χ1v) is 10.8. The molecule has 0 unspecified atom stereocenters. The molecule has 11 heteroatoms. The van der Waals surface area contributed by atoms with E-state index in [-0.39, 0.29) is 36.4 Å². The molecule has 1 saturated carbocycles. The average molecular weight is 447 g/mol. The van der Waals surface area contributed by atoms with E-state index in [1.807, 2.05) is 4.90 Å². The number of hydrogen-bond donors (Lipinski definition) is 3. The van der Waals surface area contributed by atoms with Crippen molar-refractivity contribution in [1.82, 2.24) is 25.6 Å². The predicted octanol–water partition coefficient (Wildman–Crippen LogP) is 1.38. The van der Waals surface area contributed by atoms with Gasteiger partial charge in [-0.15, -0.1) is 0 Å². The van der Waals surface area contributed by atoms with Crippen LogP contribution >= 0.6 is 0 Å². The minimum atomic E-state index is -0.250. The van der Waals surface area contributed by atoms with Crippen molar-refractivity contribution in [2.45, 2.75) is 57.7 Å². The minimum Gasteiger partial charge on any atom is -0.483 e. The zero-order valence-corrected chi connectivity index (χ0v) is 18.0. The third kappa shape index (κ3) is 5.72. The summed E-state index contributed by atoms with van der Waals surface area (Å²) in [6.45, 7) is 3.62. The summed E-state index contributed by atoms with van der Waals surface area (Å²) in [6, 6.07) is -0.112. The Hall–Kier alpha value is -3.21. The number of aromatic nitrogens is 3. The van der Waals surface area contributed by atoms with Gasteiger partial charge in [-0.3, -0.25) is 19.5 Å². The van der Waals surface area contributed by atoms with Crippen LogP contribution in [-0.2, 0) is 27.3 Å². The fourth-order valence-electron chi connectivity index (χ4n) is 4.19. The van der Waals surface area contributed by atoms with Crippen LogP contribution in [0.5, 0.6) is 0 Å². The SMILES string of the molecule is CCCO[C@@H]1C[C@@H](C(=O)N2CCc3nocc3C2)CC[C@H]1NC(=O)c1cn[nH]c1.O=CO. The van der Waals surface area contributed by atoms with Crippen molar-refractivity contribution in [2.24, 2.45) is 5.92 Å². The molecule has 1 fully saturated rings. The van der Waals surface area contributed by atoms with Gasteiger partial charge in [0.2, 0.25) is 5.91 Å². The number of carboxylic acid groups (broad SMARTS) is 1. The van der Waals surface area contributed by atoms with Gasteiger partial charge in [0.25, 0.3) is 12.4 Å². The Morgan fingerprint density at radius 3 is 2.97 bits per heavy atom. The highest BCUT2D eigenvalue weighted by Crippen LogP contribution is 2.30. The summed E-state index contributed by atoms with van der Waals surface area (Å²) in [4.78, 5) is 35.8. The van der Waals surface area contributed by atoms with E-state index in [4.69, 9.17) is 19.2 Å². The molecule has 0 spiro atoms. The molecule has 3 N–H and O–H groups in total. The minimum absolute atomic E-state index is 0.0969. The van der Waals surface area contributed by atoms with Crippen LogP contribution in [0, 0.1) is 5.92 Å². The number of carbonyl (C=O) groups is 3. The number of carbonyl (C=O) groups excluding carboxylic acids is 2. The molecule has 174 valence electrons. The van der Waals surface area contributed by atoms with E-state index in [0.29, 0.717) is 38.1 Å². The molecule has 0 bridgehead atoms. The third-order valence-electron chi connectivity index (χ3n) is 5.77. The van der Waals surface area contributed by atoms with E-state index in [1.54, 1.807) is 12.5 Å². The molecule has 4 rings (SSSR count). The summed E-state index contributed by atoms with van der Waals surface area (Å²) in [7, 11) is 0. The molecule has 1 aliphatic carbocycles. The lowest BCUT2D eigenvalue weighted by molar-refractivity contribution is -0.140. The Morgan fingerprint density at radius 2 is 2.25 bits per heavy atom. The third-order valence-corrected chi connectivity index (χ3v) is 5.77. The van der Waals surface area contributed by atoms with E-state index in [2.05, 4.69) is 27.6 Å². The van der Waals surface area contributed by atoms with Crippen LogP contribution in [0.1, 0.15) is 54.2 Å². The van der Waals surface area contributed by atoms with Gasteiger partial charge in [0.05, 0.1) is 36.1 Å². The lowest BCUT2D eigenvalue weighted by atomic mass is 9.82. The largest absolute Gasteiger partial charge is 0.483 e. The van der Waals surface area contributed by atoms with Crippen molar-refractivity contribution >= 4 is 18.3 Å². The van der Waals surface area contributed by atoms with Crippen molar-refractivity contribution in [3.05, 3.63) is 35.5 Å². The molecule has 2 amide bonds. The van der Waals surface area contributed by atoms with Crippen molar-refractivity contribution in [3.63, 3.8) is 0 Å². The molecule has 32 heavy (non-hydrogen) atoms. The van der Waals surface area contributed by atoms with Gasteiger partial charge in [0, 0.05) is 37.3 Å². The quantitative estimate of drug-likeness (QED) is 0.562. The standard InChI is InChI=1S/C20H27N5O4.CH2O2/c1-2-7-28-18-8-13(3-4-17(18)23-19(26)14-9-21-22-10-14)20(27)25-6-5-16-15(11-25)12-29-24-16;2-1-3/h9-10,12-13,17-18H,2-8,11H2,1H3,(H,21,22)(H,23,26);1H,(H,2,3)/t13-,17+,18+;/m0./s1. The second-order valence-corrected chi connectivity index (χ2v) is 7.89. The molecule has 2 aromatic rings. The van der Waals surface area contributed by atoms with Crippen molar-refractivity contribution in [1.29, 1.82) is 0 Å². The van der Waals surface area contributed by atoms with Gasteiger partial charge in [0.1, 0.15) is 6.26 Å². The number of ether oxygens (including phenoxy) is 1. The average Bonchev–Trinajstić information content (AvgIpc) is 3.50. The molecule has 3 heterocycles. The van der Waals surface area contributed by atoms with Crippen LogP contribution in [-0.4, -0.2) is 68.9 Å². The number of nitrogens with zero attached hydrogens (tertiary/aromatic N) is 3. The highest BCUT2D eigenvalue weighted by Gasteiger charge is 2.38. The van der Waals surface area contributed by atoms with Crippen LogP contribution < -0.4 is 5.32 Å². The Kier molecular flexibility index (Phi) is 8.37. The van der Waals surface area contributed by atoms with E-state index < -0.39 is 0 Å². The van der Waals surface area contributed by atoms with E-state index in [9.17, 15) is 9.59 Å². The highest BCUT2D eigenvalue weighted by atomic mass is 16.5. The van der Waals surface area contributed by atoms with E-state index >= 15 is 0 Å². The summed E-state index contributed by atoms with van der Waals surface area (Å²) < 4.78 is 11.1. The summed E-state index contributed by atoms with van der Waals surface area (Å²) in [5, 5.41) is 20.4. The molecule has 3 atom stereocenters. The monoisotopic (exact) mass is 447 g/mol.